The molecule has 1 aliphatic rings. The van der Waals surface area contributed by atoms with E-state index in [1.807, 2.05) is 6.92 Å². The van der Waals surface area contributed by atoms with Gasteiger partial charge in [-0.15, -0.1) is 0 Å². The summed E-state index contributed by atoms with van der Waals surface area (Å²) in [5, 5.41) is 2.86. The molecule has 7 heteroatoms. The second-order valence-corrected chi connectivity index (χ2v) is 7.66. The number of fused-ring (bicyclic) bond motifs is 1. The fourth-order valence-electron chi connectivity index (χ4n) is 4.03. The van der Waals surface area contributed by atoms with Crippen LogP contribution in [0.1, 0.15) is 36.5 Å². The number of carbonyl (C=O) groups excluding carboxylic acids is 2. The lowest BCUT2D eigenvalue weighted by Gasteiger charge is -2.25. The highest BCUT2D eigenvalue weighted by Crippen LogP contribution is 2.30. The molecule has 156 valence electrons. The SMILES string of the molecule is CCNC(=O)[C@@H]1CC[C@@H](N(C)C(=O)c2ccc(-c3nc4cccc(F)c4o3)cc2)C1. The number of hydrogen-bond acceptors (Lipinski definition) is 4. The molecule has 2 atom stereocenters. The molecule has 0 bridgehead atoms. The molecule has 30 heavy (non-hydrogen) atoms. The molecule has 2 aromatic carbocycles. The molecule has 0 spiro atoms. The first-order valence-electron chi connectivity index (χ1n) is 10.2. The number of nitrogens with one attached hydrogen (secondary N) is 1. The molecule has 1 aliphatic carbocycles. The lowest BCUT2D eigenvalue weighted by molar-refractivity contribution is -0.124. The van der Waals surface area contributed by atoms with Crippen molar-refractivity contribution < 1.29 is 18.4 Å². The van der Waals surface area contributed by atoms with E-state index in [1.165, 1.54) is 6.07 Å². The van der Waals surface area contributed by atoms with Gasteiger partial charge < -0.3 is 14.6 Å². The molecule has 2 amide bonds. The summed E-state index contributed by atoms with van der Waals surface area (Å²) < 4.78 is 19.4. The van der Waals surface area contributed by atoms with Gasteiger partial charge in [0.15, 0.2) is 11.4 Å². The smallest absolute Gasteiger partial charge is 0.253 e. The number of amides is 2. The summed E-state index contributed by atoms with van der Waals surface area (Å²) in [6.07, 6.45) is 2.29. The number of aromatic nitrogens is 1. The maximum Gasteiger partial charge on any atom is 0.253 e. The minimum Gasteiger partial charge on any atom is -0.433 e. The number of halogens is 1. The number of nitrogens with zero attached hydrogens (tertiary/aromatic N) is 2. The molecule has 4 rings (SSSR count). The molecule has 3 aromatic rings. The Kier molecular flexibility index (Phi) is 5.53. The Hall–Kier alpha value is -3.22. The van der Waals surface area contributed by atoms with E-state index >= 15 is 0 Å². The quantitative estimate of drug-likeness (QED) is 0.691. The fourth-order valence-corrected chi connectivity index (χ4v) is 4.03. The van der Waals surface area contributed by atoms with Crippen molar-refractivity contribution in [3.8, 4) is 11.5 Å². The third-order valence-corrected chi connectivity index (χ3v) is 5.74. The van der Waals surface area contributed by atoms with Crippen LogP contribution in [-0.4, -0.2) is 41.3 Å². The van der Waals surface area contributed by atoms with Crippen LogP contribution in [0.4, 0.5) is 4.39 Å². The zero-order valence-electron chi connectivity index (χ0n) is 17.0. The van der Waals surface area contributed by atoms with Crippen LogP contribution in [0.3, 0.4) is 0 Å². The molecule has 0 radical (unpaired) electrons. The summed E-state index contributed by atoms with van der Waals surface area (Å²) in [7, 11) is 1.78. The van der Waals surface area contributed by atoms with E-state index in [1.54, 1.807) is 48.3 Å². The van der Waals surface area contributed by atoms with Crippen molar-refractivity contribution in [3.05, 3.63) is 53.8 Å². The molecular weight excluding hydrogens is 385 g/mol. The van der Waals surface area contributed by atoms with Crippen molar-refractivity contribution in [2.45, 2.75) is 32.2 Å². The molecule has 1 N–H and O–H groups in total. The summed E-state index contributed by atoms with van der Waals surface area (Å²) in [4.78, 5) is 31.0. The van der Waals surface area contributed by atoms with Gasteiger partial charge in [0, 0.05) is 36.7 Å². The van der Waals surface area contributed by atoms with Crippen LogP contribution in [0.25, 0.3) is 22.6 Å². The van der Waals surface area contributed by atoms with Gasteiger partial charge in [-0.05, 0) is 62.6 Å². The summed E-state index contributed by atoms with van der Waals surface area (Å²) in [6.45, 7) is 2.52. The van der Waals surface area contributed by atoms with E-state index < -0.39 is 5.82 Å². The van der Waals surface area contributed by atoms with E-state index in [9.17, 15) is 14.0 Å². The lowest BCUT2D eigenvalue weighted by atomic mass is 10.1. The van der Waals surface area contributed by atoms with Gasteiger partial charge in [-0.25, -0.2) is 9.37 Å². The predicted molar refractivity (Wildman–Crippen MR) is 111 cm³/mol. The van der Waals surface area contributed by atoms with Crippen LogP contribution >= 0.6 is 0 Å². The molecular formula is C23H24FN3O3. The van der Waals surface area contributed by atoms with Crippen molar-refractivity contribution >= 4 is 22.9 Å². The number of benzene rings is 2. The third kappa shape index (κ3) is 3.79. The highest BCUT2D eigenvalue weighted by atomic mass is 19.1. The minimum absolute atomic E-state index is 0.0351. The zero-order chi connectivity index (χ0) is 21.3. The fraction of sp³-hybridized carbons (Fsp3) is 0.348. The number of carbonyl (C=O) groups is 2. The van der Waals surface area contributed by atoms with Gasteiger partial charge in [0.1, 0.15) is 5.52 Å². The molecule has 1 heterocycles. The van der Waals surface area contributed by atoms with Gasteiger partial charge in [0.05, 0.1) is 0 Å². The molecule has 0 aliphatic heterocycles. The Bertz CT molecular complexity index is 1080. The van der Waals surface area contributed by atoms with Gasteiger partial charge >= 0.3 is 0 Å². The number of para-hydroxylation sites is 1. The molecule has 0 unspecified atom stereocenters. The Morgan fingerprint density at radius 3 is 2.67 bits per heavy atom. The molecule has 1 saturated carbocycles. The highest BCUT2D eigenvalue weighted by molar-refractivity contribution is 5.95. The van der Waals surface area contributed by atoms with Crippen LogP contribution in [-0.2, 0) is 4.79 Å². The van der Waals surface area contributed by atoms with E-state index in [0.29, 0.717) is 35.5 Å². The standard InChI is InChI=1S/C23H24FN3O3/c1-3-25-21(28)16-11-12-17(13-16)27(2)23(29)15-9-7-14(8-10-15)22-26-19-6-4-5-18(24)20(19)30-22/h4-10,16-17H,3,11-13H2,1-2H3,(H,25,28)/t16-,17-/m1/s1. The first-order valence-corrected chi connectivity index (χ1v) is 10.2. The van der Waals surface area contributed by atoms with Gasteiger partial charge in [-0.1, -0.05) is 6.07 Å². The first kappa shape index (κ1) is 20.1. The van der Waals surface area contributed by atoms with E-state index in [0.717, 1.165) is 12.8 Å². The summed E-state index contributed by atoms with van der Waals surface area (Å²) >= 11 is 0. The normalized spacial score (nSPS) is 18.5. The topological polar surface area (TPSA) is 75.4 Å². The van der Waals surface area contributed by atoms with Gasteiger partial charge in [-0.3, -0.25) is 9.59 Å². The molecule has 0 saturated heterocycles. The van der Waals surface area contributed by atoms with Gasteiger partial charge in [0.2, 0.25) is 11.8 Å². The van der Waals surface area contributed by atoms with Gasteiger partial charge in [-0.2, -0.15) is 0 Å². The van der Waals surface area contributed by atoms with Crippen LogP contribution in [0.2, 0.25) is 0 Å². The van der Waals surface area contributed by atoms with E-state index in [-0.39, 0.29) is 29.4 Å². The highest BCUT2D eigenvalue weighted by Gasteiger charge is 2.33. The Labute approximate surface area is 174 Å². The van der Waals surface area contributed by atoms with Crippen molar-refractivity contribution in [3.63, 3.8) is 0 Å². The second-order valence-electron chi connectivity index (χ2n) is 7.66. The third-order valence-electron chi connectivity index (χ3n) is 5.74. The van der Waals surface area contributed by atoms with Crippen molar-refractivity contribution in [1.82, 2.24) is 15.2 Å². The van der Waals surface area contributed by atoms with Crippen LogP contribution in [0.5, 0.6) is 0 Å². The summed E-state index contributed by atoms with van der Waals surface area (Å²) in [5.41, 5.74) is 1.79. The monoisotopic (exact) mass is 409 g/mol. The maximum absolute atomic E-state index is 13.8. The van der Waals surface area contributed by atoms with Crippen molar-refractivity contribution in [1.29, 1.82) is 0 Å². The number of hydrogen-bond donors (Lipinski definition) is 1. The predicted octanol–water partition coefficient (Wildman–Crippen LogP) is 4.01. The summed E-state index contributed by atoms with van der Waals surface area (Å²) in [6, 6.07) is 11.6. The zero-order valence-corrected chi connectivity index (χ0v) is 17.0. The number of rotatable bonds is 5. The van der Waals surface area contributed by atoms with Crippen LogP contribution < -0.4 is 5.32 Å². The maximum atomic E-state index is 13.8. The average Bonchev–Trinajstić information content (AvgIpc) is 3.41. The molecule has 6 nitrogen and oxygen atoms in total. The molecule has 1 aromatic heterocycles. The summed E-state index contributed by atoms with van der Waals surface area (Å²) in [5.74, 6) is -0.205. The Morgan fingerprint density at radius 1 is 1.20 bits per heavy atom. The first-order chi connectivity index (χ1) is 14.5. The Morgan fingerprint density at radius 2 is 1.97 bits per heavy atom. The average molecular weight is 409 g/mol. The number of oxazole rings is 1. The Balaban J connectivity index is 1.46. The van der Waals surface area contributed by atoms with E-state index in [4.69, 9.17) is 4.42 Å². The van der Waals surface area contributed by atoms with Crippen molar-refractivity contribution in [2.75, 3.05) is 13.6 Å². The molecule has 1 fully saturated rings. The largest absolute Gasteiger partial charge is 0.433 e. The van der Waals surface area contributed by atoms with Gasteiger partial charge in [0.25, 0.3) is 5.91 Å². The van der Waals surface area contributed by atoms with Crippen LogP contribution in [0.15, 0.2) is 46.9 Å². The van der Waals surface area contributed by atoms with Crippen molar-refractivity contribution in [2.24, 2.45) is 5.92 Å². The van der Waals surface area contributed by atoms with E-state index in [2.05, 4.69) is 10.3 Å². The lowest BCUT2D eigenvalue weighted by Crippen LogP contribution is -2.36. The second kappa shape index (κ2) is 8.26. The van der Waals surface area contributed by atoms with Crippen LogP contribution in [0, 0.1) is 11.7 Å². The minimum atomic E-state index is -0.456.